The zero-order valence-electron chi connectivity index (χ0n) is 13.1. The Morgan fingerprint density at radius 3 is 2.12 bits per heavy atom. The third kappa shape index (κ3) is 5.32. The van der Waals surface area contributed by atoms with Gasteiger partial charge in [0.2, 0.25) is 10.0 Å². The maximum atomic E-state index is 12.6. The summed E-state index contributed by atoms with van der Waals surface area (Å²) in [5.41, 5.74) is 0.771. The highest BCUT2D eigenvalue weighted by molar-refractivity contribution is 7.89. The van der Waals surface area contributed by atoms with Crippen molar-refractivity contribution in [3.63, 3.8) is 0 Å². The van der Waals surface area contributed by atoms with Crippen LogP contribution in [-0.2, 0) is 10.0 Å². The van der Waals surface area contributed by atoms with Crippen molar-refractivity contribution in [1.82, 2.24) is 0 Å². The average Bonchev–Trinajstić information content (AvgIpc) is 2.54. The molecule has 0 radical (unpaired) electrons. The number of hydrogen-bond acceptors (Lipinski definition) is 4. The number of nitrogens with zero attached hydrogens (tertiary/aromatic N) is 2. The molecule has 10 heteroatoms. The standard InChI is InChI=1S/C16H13ClF3N3O2S/c1-11(12-2-4-13(17)5-3-12)23(22-10-16(18,19)20)14-6-8-15(9-7-14)26(21,24)25/h2-10H,1H2,(H2,21,24,25)/b22-10+. The topological polar surface area (TPSA) is 75.8 Å². The lowest BCUT2D eigenvalue weighted by Crippen LogP contribution is -2.19. The van der Waals surface area contributed by atoms with Crippen LogP contribution in [0.15, 0.2) is 65.1 Å². The van der Waals surface area contributed by atoms with Gasteiger partial charge in [-0.25, -0.2) is 18.6 Å². The van der Waals surface area contributed by atoms with Crippen LogP contribution in [0.4, 0.5) is 18.9 Å². The fraction of sp³-hybridized carbons (Fsp3) is 0.0625. The van der Waals surface area contributed by atoms with E-state index in [0.29, 0.717) is 10.6 Å². The monoisotopic (exact) mass is 403 g/mol. The number of nitrogens with two attached hydrogens (primary N) is 1. The molecule has 0 aliphatic carbocycles. The number of halogens is 4. The first kappa shape index (κ1) is 20.0. The Labute approximate surface area is 153 Å². The summed E-state index contributed by atoms with van der Waals surface area (Å²) in [7, 11) is -3.93. The van der Waals surface area contributed by atoms with Crippen LogP contribution in [-0.4, -0.2) is 20.8 Å². The van der Waals surface area contributed by atoms with Crippen molar-refractivity contribution in [2.45, 2.75) is 11.1 Å². The van der Waals surface area contributed by atoms with Crippen LogP contribution < -0.4 is 10.1 Å². The molecule has 2 aromatic rings. The highest BCUT2D eigenvalue weighted by Gasteiger charge is 2.25. The van der Waals surface area contributed by atoms with Gasteiger partial charge in [-0.05, 0) is 42.0 Å². The van der Waals surface area contributed by atoms with E-state index < -0.39 is 16.2 Å². The summed E-state index contributed by atoms with van der Waals surface area (Å²) in [4.78, 5) is -0.182. The van der Waals surface area contributed by atoms with Crippen LogP contribution >= 0.6 is 11.6 Å². The van der Waals surface area contributed by atoms with Gasteiger partial charge in [-0.3, -0.25) is 0 Å². The van der Waals surface area contributed by atoms with Crippen molar-refractivity contribution in [2.24, 2.45) is 10.2 Å². The van der Waals surface area contributed by atoms with E-state index in [1.165, 1.54) is 12.1 Å². The molecule has 0 fully saturated rings. The van der Waals surface area contributed by atoms with Crippen LogP contribution in [0.5, 0.6) is 0 Å². The second-order valence-corrected chi connectivity index (χ2v) is 7.09. The first-order chi connectivity index (χ1) is 12.0. The van der Waals surface area contributed by atoms with E-state index in [0.717, 1.165) is 17.1 Å². The maximum Gasteiger partial charge on any atom is 0.428 e. The van der Waals surface area contributed by atoms with E-state index in [-0.39, 0.29) is 22.5 Å². The summed E-state index contributed by atoms with van der Waals surface area (Å²) in [5.74, 6) is 0. The third-order valence-electron chi connectivity index (χ3n) is 3.16. The summed E-state index contributed by atoms with van der Waals surface area (Å²) in [6.45, 7) is 3.76. The molecular weight excluding hydrogens is 391 g/mol. The van der Waals surface area contributed by atoms with Gasteiger partial charge in [-0.15, -0.1) is 0 Å². The number of alkyl halides is 3. The Morgan fingerprint density at radius 1 is 1.12 bits per heavy atom. The van der Waals surface area contributed by atoms with Gasteiger partial charge in [0.1, 0.15) is 6.21 Å². The fourth-order valence-electron chi connectivity index (χ4n) is 1.96. The minimum Gasteiger partial charge on any atom is -0.234 e. The molecule has 0 unspecified atom stereocenters. The van der Waals surface area contributed by atoms with Gasteiger partial charge in [0.25, 0.3) is 0 Å². The molecule has 0 bridgehead atoms. The van der Waals surface area contributed by atoms with E-state index >= 15 is 0 Å². The van der Waals surface area contributed by atoms with Gasteiger partial charge in [0, 0.05) is 5.02 Å². The quantitative estimate of drug-likeness (QED) is 0.605. The van der Waals surface area contributed by atoms with Crippen molar-refractivity contribution in [1.29, 1.82) is 0 Å². The molecule has 0 saturated carbocycles. The van der Waals surface area contributed by atoms with Gasteiger partial charge < -0.3 is 0 Å². The summed E-state index contributed by atoms with van der Waals surface area (Å²) in [5, 5.41) is 9.82. The smallest absolute Gasteiger partial charge is 0.234 e. The van der Waals surface area contributed by atoms with E-state index in [1.807, 2.05) is 0 Å². The molecule has 2 aromatic carbocycles. The van der Waals surface area contributed by atoms with Crippen molar-refractivity contribution >= 4 is 39.2 Å². The van der Waals surface area contributed by atoms with E-state index in [4.69, 9.17) is 16.7 Å². The number of primary sulfonamides is 1. The van der Waals surface area contributed by atoms with Crippen molar-refractivity contribution in [2.75, 3.05) is 5.01 Å². The molecule has 2 N–H and O–H groups in total. The van der Waals surface area contributed by atoms with E-state index in [9.17, 15) is 21.6 Å². The lowest BCUT2D eigenvalue weighted by Gasteiger charge is -2.22. The number of anilines is 1. The number of sulfonamides is 1. The van der Waals surface area contributed by atoms with Gasteiger partial charge in [-0.1, -0.05) is 30.3 Å². The Hall–Kier alpha value is -2.36. The minimum absolute atomic E-state index is 0.130. The lowest BCUT2D eigenvalue weighted by atomic mass is 10.1. The molecule has 0 saturated heterocycles. The molecule has 0 aromatic heterocycles. The lowest BCUT2D eigenvalue weighted by molar-refractivity contribution is -0.0537. The zero-order chi connectivity index (χ0) is 19.5. The van der Waals surface area contributed by atoms with Gasteiger partial charge in [0.15, 0.2) is 0 Å². The van der Waals surface area contributed by atoms with Crippen LogP contribution in [0.25, 0.3) is 5.70 Å². The number of benzene rings is 2. The van der Waals surface area contributed by atoms with Crippen LogP contribution in [0.2, 0.25) is 5.02 Å². The summed E-state index contributed by atoms with van der Waals surface area (Å²) in [6.07, 6.45) is -4.83. The predicted octanol–water partition coefficient (Wildman–Crippen LogP) is 4.01. The molecule has 0 aliphatic rings. The van der Waals surface area contributed by atoms with Crippen LogP contribution in [0.1, 0.15) is 5.56 Å². The summed E-state index contributed by atoms with van der Waals surface area (Å²) >= 11 is 5.80. The van der Waals surface area contributed by atoms with Gasteiger partial charge in [-0.2, -0.15) is 18.3 Å². The van der Waals surface area contributed by atoms with Gasteiger partial charge in [0.05, 0.1) is 16.3 Å². The molecule has 0 aliphatic heterocycles. The van der Waals surface area contributed by atoms with E-state index in [1.54, 1.807) is 24.3 Å². The minimum atomic E-state index is -4.64. The van der Waals surface area contributed by atoms with Crippen LogP contribution in [0, 0.1) is 0 Å². The molecule has 2 rings (SSSR count). The predicted molar refractivity (Wildman–Crippen MR) is 95.3 cm³/mol. The second kappa shape index (κ2) is 7.48. The maximum absolute atomic E-state index is 12.6. The molecule has 5 nitrogen and oxygen atoms in total. The molecule has 0 amide bonds. The molecule has 0 atom stereocenters. The number of rotatable bonds is 5. The zero-order valence-corrected chi connectivity index (χ0v) is 14.7. The SMILES string of the molecule is C=C(c1ccc(Cl)cc1)N(/N=C/C(F)(F)F)c1ccc(S(N)(=O)=O)cc1. The largest absolute Gasteiger partial charge is 0.428 e. The Bertz CT molecular complexity index is 925. The highest BCUT2D eigenvalue weighted by Crippen LogP contribution is 2.28. The third-order valence-corrected chi connectivity index (χ3v) is 4.34. The van der Waals surface area contributed by atoms with Crippen molar-refractivity contribution in [3.8, 4) is 0 Å². The Balaban J connectivity index is 2.45. The molecular formula is C16H13ClF3N3O2S. The number of hydrogen-bond donors (Lipinski definition) is 1. The first-order valence-electron chi connectivity index (χ1n) is 6.97. The Kier molecular flexibility index (Phi) is 5.74. The molecule has 26 heavy (non-hydrogen) atoms. The average molecular weight is 404 g/mol. The fourth-order valence-corrected chi connectivity index (χ4v) is 2.60. The van der Waals surface area contributed by atoms with E-state index in [2.05, 4.69) is 11.7 Å². The normalized spacial score (nSPS) is 12.3. The van der Waals surface area contributed by atoms with Crippen molar-refractivity contribution in [3.05, 3.63) is 65.7 Å². The second-order valence-electron chi connectivity index (χ2n) is 5.09. The molecule has 138 valence electrons. The molecule has 0 heterocycles. The van der Waals surface area contributed by atoms with Crippen LogP contribution in [0.3, 0.4) is 0 Å². The highest BCUT2D eigenvalue weighted by atomic mass is 35.5. The molecule has 0 spiro atoms. The van der Waals surface area contributed by atoms with Crippen molar-refractivity contribution < 1.29 is 21.6 Å². The summed E-state index contributed by atoms with van der Waals surface area (Å²) in [6, 6.07) is 11.1. The Morgan fingerprint density at radius 2 is 1.65 bits per heavy atom. The first-order valence-corrected chi connectivity index (χ1v) is 8.89. The number of hydrazone groups is 1. The van der Waals surface area contributed by atoms with Gasteiger partial charge >= 0.3 is 6.18 Å². The summed E-state index contributed by atoms with van der Waals surface area (Å²) < 4.78 is 60.3.